The van der Waals surface area contributed by atoms with Crippen molar-refractivity contribution in [1.29, 1.82) is 0 Å². The number of ether oxygens (including phenoxy) is 3. The molecule has 0 aliphatic heterocycles. The van der Waals surface area contributed by atoms with Crippen molar-refractivity contribution in [3.05, 3.63) is 82.4 Å². The van der Waals surface area contributed by atoms with Crippen LogP contribution < -0.4 is 19.6 Å². The summed E-state index contributed by atoms with van der Waals surface area (Å²) in [6, 6.07) is 19.1. The van der Waals surface area contributed by atoms with Gasteiger partial charge in [-0.15, -0.1) is 10.2 Å². The minimum atomic E-state index is -0.485. The lowest BCUT2D eigenvalue weighted by Crippen LogP contribution is -2.21. The van der Waals surface area contributed by atoms with Crippen molar-refractivity contribution in [1.82, 2.24) is 20.2 Å². The lowest BCUT2D eigenvalue weighted by Gasteiger charge is -2.15. The summed E-state index contributed by atoms with van der Waals surface area (Å²) in [7, 11) is 4.60. The molecule has 40 heavy (non-hydrogen) atoms. The molecule has 0 aliphatic rings. The van der Waals surface area contributed by atoms with E-state index in [1.54, 1.807) is 31.2 Å². The second-order valence-corrected chi connectivity index (χ2v) is 9.16. The molecule has 0 saturated heterocycles. The van der Waals surface area contributed by atoms with E-state index in [9.17, 15) is 14.9 Å². The fourth-order valence-electron chi connectivity index (χ4n) is 3.79. The van der Waals surface area contributed by atoms with Gasteiger partial charge in [-0.05, 0) is 31.2 Å². The molecule has 13 heteroatoms. The largest absolute Gasteiger partial charge is 0.493 e. The number of carbonyl (C=O) groups excluding carboxylic acids is 1. The number of non-ortho nitro benzene ring substituents is 1. The maximum atomic E-state index is 12.6. The average molecular weight is 563 g/mol. The van der Waals surface area contributed by atoms with Crippen LogP contribution in [0.15, 0.2) is 77.0 Å². The van der Waals surface area contributed by atoms with E-state index in [2.05, 4.69) is 20.7 Å². The van der Waals surface area contributed by atoms with Crippen LogP contribution in [0.3, 0.4) is 0 Å². The van der Waals surface area contributed by atoms with Crippen LogP contribution >= 0.6 is 11.8 Å². The summed E-state index contributed by atoms with van der Waals surface area (Å²) in [6.45, 7) is 1.65. The maximum Gasteiger partial charge on any atom is 0.270 e. The molecule has 1 aromatic heterocycles. The summed E-state index contributed by atoms with van der Waals surface area (Å²) in [4.78, 5) is 23.2. The van der Waals surface area contributed by atoms with Crippen LogP contribution in [0.4, 0.5) is 5.69 Å². The number of para-hydroxylation sites is 1. The van der Waals surface area contributed by atoms with Crippen molar-refractivity contribution in [2.45, 2.75) is 12.1 Å². The van der Waals surface area contributed by atoms with Gasteiger partial charge in [0.1, 0.15) is 0 Å². The Morgan fingerprint density at radius 2 is 1.70 bits per heavy atom. The second-order valence-electron chi connectivity index (χ2n) is 8.22. The highest BCUT2D eigenvalue weighted by atomic mass is 32.2. The van der Waals surface area contributed by atoms with Gasteiger partial charge in [0.15, 0.2) is 22.5 Å². The SMILES string of the molecule is COc1cc(-c2nnc(SCC(=O)NN=C(C)c3cccc([N+](=O)[O-])c3)n2-c2ccccc2)cc(OC)c1OC. The number of nitrogens with one attached hydrogen (secondary N) is 1. The Balaban J connectivity index is 1.59. The van der Waals surface area contributed by atoms with E-state index in [0.29, 0.717) is 45.1 Å². The molecule has 1 heterocycles. The number of carbonyl (C=O) groups is 1. The van der Waals surface area contributed by atoms with Crippen molar-refractivity contribution < 1.29 is 23.9 Å². The highest BCUT2D eigenvalue weighted by Gasteiger charge is 2.21. The van der Waals surface area contributed by atoms with Gasteiger partial charge in [-0.1, -0.05) is 42.1 Å². The fraction of sp³-hybridized carbons (Fsp3) is 0.185. The van der Waals surface area contributed by atoms with E-state index in [-0.39, 0.29) is 17.3 Å². The number of methoxy groups -OCH3 is 3. The lowest BCUT2D eigenvalue weighted by atomic mass is 10.1. The third-order valence-corrected chi connectivity index (χ3v) is 6.66. The Morgan fingerprint density at radius 1 is 1.00 bits per heavy atom. The lowest BCUT2D eigenvalue weighted by molar-refractivity contribution is -0.384. The number of nitro benzene ring substituents is 1. The Morgan fingerprint density at radius 3 is 2.33 bits per heavy atom. The Labute approximate surface area is 234 Å². The number of nitro groups is 1. The van der Waals surface area contributed by atoms with Gasteiger partial charge in [0.05, 0.1) is 37.7 Å². The molecule has 1 N–H and O–H groups in total. The molecule has 0 fully saturated rings. The second kappa shape index (κ2) is 12.8. The van der Waals surface area contributed by atoms with Crippen LogP contribution in [-0.4, -0.2) is 58.4 Å². The number of benzene rings is 3. The molecule has 0 atom stereocenters. The van der Waals surface area contributed by atoms with E-state index in [1.165, 1.54) is 45.2 Å². The molecule has 0 bridgehead atoms. The highest BCUT2D eigenvalue weighted by molar-refractivity contribution is 7.99. The number of nitrogens with zero attached hydrogens (tertiary/aromatic N) is 5. The minimum absolute atomic E-state index is 0.00800. The quantitative estimate of drug-likeness (QED) is 0.121. The molecule has 206 valence electrons. The van der Waals surface area contributed by atoms with Crippen LogP contribution in [0, 0.1) is 10.1 Å². The predicted molar refractivity (Wildman–Crippen MR) is 151 cm³/mol. The van der Waals surface area contributed by atoms with Crippen molar-refractivity contribution in [2.24, 2.45) is 5.10 Å². The van der Waals surface area contributed by atoms with Crippen LogP contribution in [0.25, 0.3) is 17.1 Å². The van der Waals surface area contributed by atoms with Gasteiger partial charge in [-0.2, -0.15) is 5.10 Å². The van der Waals surface area contributed by atoms with E-state index in [4.69, 9.17) is 14.2 Å². The summed E-state index contributed by atoms with van der Waals surface area (Å²) < 4.78 is 18.3. The van der Waals surface area contributed by atoms with Gasteiger partial charge in [0, 0.05) is 28.9 Å². The van der Waals surface area contributed by atoms with E-state index >= 15 is 0 Å². The molecule has 1 amide bonds. The van der Waals surface area contributed by atoms with Crippen molar-refractivity contribution in [3.63, 3.8) is 0 Å². The molecule has 0 radical (unpaired) electrons. The number of hydrogen-bond donors (Lipinski definition) is 1. The summed E-state index contributed by atoms with van der Waals surface area (Å²) in [5, 5.41) is 24.4. The molecular formula is C27H26N6O6S. The zero-order chi connectivity index (χ0) is 28.6. The van der Waals surface area contributed by atoms with Crippen LogP contribution in [-0.2, 0) is 4.79 Å². The van der Waals surface area contributed by atoms with Crippen molar-refractivity contribution in [3.8, 4) is 34.3 Å². The third kappa shape index (κ3) is 6.21. The topological polar surface area (TPSA) is 143 Å². The summed E-state index contributed by atoms with van der Waals surface area (Å²) >= 11 is 1.18. The maximum absolute atomic E-state index is 12.6. The molecule has 3 aromatic carbocycles. The zero-order valence-electron chi connectivity index (χ0n) is 22.2. The minimum Gasteiger partial charge on any atom is -0.493 e. The first-order chi connectivity index (χ1) is 19.4. The number of aromatic nitrogens is 3. The summed E-state index contributed by atoms with van der Waals surface area (Å²) in [5.41, 5.74) is 4.85. The molecular weight excluding hydrogens is 536 g/mol. The first kappa shape index (κ1) is 28.1. The molecule has 12 nitrogen and oxygen atoms in total. The van der Waals surface area contributed by atoms with Crippen molar-refractivity contribution in [2.75, 3.05) is 27.1 Å². The number of thioether (sulfide) groups is 1. The van der Waals surface area contributed by atoms with Gasteiger partial charge in [0.2, 0.25) is 5.75 Å². The monoisotopic (exact) mass is 562 g/mol. The highest BCUT2D eigenvalue weighted by Crippen LogP contribution is 2.41. The molecule has 4 aromatic rings. The average Bonchev–Trinajstić information content (AvgIpc) is 3.42. The smallest absolute Gasteiger partial charge is 0.270 e. The normalized spacial score (nSPS) is 11.2. The van der Waals surface area contributed by atoms with Crippen LogP contribution in [0.5, 0.6) is 17.2 Å². The van der Waals surface area contributed by atoms with E-state index in [1.807, 2.05) is 34.9 Å². The third-order valence-electron chi connectivity index (χ3n) is 5.73. The van der Waals surface area contributed by atoms with Gasteiger partial charge in [-0.25, -0.2) is 5.43 Å². The van der Waals surface area contributed by atoms with Gasteiger partial charge in [-0.3, -0.25) is 19.5 Å². The van der Waals surface area contributed by atoms with Crippen LogP contribution in [0.2, 0.25) is 0 Å². The Kier molecular flexibility index (Phi) is 8.96. The van der Waals surface area contributed by atoms with E-state index < -0.39 is 4.92 Å². The molecule has 0 saturated carbocycles. The summed E-state index contributed by atoms with van der Waals surface area (Å²) in [6.07, 6.45) is 0. The van der Waals surface area contributed by atoms with Crippen molar-refractivity contribution >= 4 is 29.1 Å². The first-order valence-electron chi connectivity index (χ1n) is 11.9. The van der Waals surface area contributed by atoms with Gasteiger partial charge in [0.25, 0.3) is 11.6 Å². The summed E-state index contributed by atoms with van der Waals surface area (Å²) in [5.74, 6) is 1.49. The molecule has 4 rings (SSSR count). The number of hydrazone groups is 1. The van der Waals surface area contributed by atoms with E-state index in [0.717, 1.165) is 5.69 Å². The van der Waals surface area contributed by atoms with Gasteiger partial charge >= 0.3 is 0 Å². The zero-order valence-corrected chi connectivity index (χ0v) is 23.0. The molecule has 0 spiro atoms. The number of amides is 1. The Hall–Kier alpha value is -4.91. The number of hydrogen-bond acceptors (Lipinski definition) is 10. The van der Waals surface area contributed by atoms with Gasteiger partial charge < -0.3 is 14.2 Å². The number of rotatable bonds is 11. The molecule has 0 unspecified atom stereocenters. The van der Waals surface area contributed by atoms with Crippen LogP contribution in [0.1, 0.15) is 12.5 Å². The standard InChI is InChI=1S/C27H26N6O6S/c1-17(18-9-8-12-21(13-18)33(35)36)28-29-24(34)16-40-27-31-30-26(32(27)20-10-6-5-7-11-20)19-14-22(37-2)25(39-4)23(15-19)38-3/h5-15H,16H2,1-4H3,(H,29,34). The molecule has 0 aliphatic carbocycles. The predicted octanol–water partition coefficient (Wildman–Crippen LogP) is 4.50. The fourth-order valence-corrected chi connectivity index (χ4v) is 4.53. The Bertz CT molecular complexity index is 1530. The first-order valence-corrected chi connectivity index (χ1v) is 12.9.